The molecule has 4 nitrogen and oxygen atoms in total. The zero-order valence-corrected chi connectivity index (χ0v) is 13.7. The molecule has 0 spiro atoms. The molecule has 0 radical (unpaired) electrons. The Labute approximate surface area is 133 Å². The third-order valence-corrected chi connectivity index (χ3v) is 4.03. The van der Waals surface area contributed by atoms with Crippen molar-refractivity contribution in [3.63, 3.8) is 0 Å². The fourth-order valence-corrected chi connectivity index (χ4v) is 2.83. The number of hydrogen-bond donors (Lipinski definition) is 1. The number of ether oxygens (including phenoxy) is 3. The third kappa shape index (κ3) is 5.58. The minimum atomic E-state index is 0.540. The average molecular weight is 366 g/mol. The standard InChI is InChI=1S/C14H19BrClNO3/c15-13-11-12(16)1-2-14(13)20-10-9-19-8-5-17-3-6-18-7-4-17/h1-2,11H,3-10H2/p+1. The largest absolute Gasteiger partial charge is 0.490 e. The van der Waals surface area contributed by atoms with Gasteiger partial charge in [0.2, 0.25) is 0 Å². The van der Waals surface area contributed by atoms with Crippen molar-refractivity contribution in [2.45, 2.75) is 0 Å². The Hall–Kier alpha value is -0.330. The van der Waals surface area contributed by atoms with Gasteiger partial charge in [0.05, 0.1) is 30.9 Å². The zero-order chi connectivity index (χ0) is 14.2. The van der Waals surface area contributed by atoms with Crippen LogP contribution in [0, 0.1) is 0 Å². The number of quaternary nitrogens is 1. The molecule has 1 aromatic carbocycles. The highest BCUT2D eigenvalue weighted by Gasteiger charge is 2.12. The number of hydrogen-bond acceptors (Lipinski definition) is 3. The molecule has 1 aromatic rings. The maximum absolute atomic E-state index is 5.87. The van der Waals surface area contributed by atoms with E-state index in [1.807, 2.05) is 18.2 Å². The lowest BCUT2D eigenvalue weighted by atomic mass is 10.3. The van der Waals surface area contributed by atoms with Crippen molar-refractivity contribution >= 4 is 27.5 Å². The minimum absolute atomic E-state index is 0.540. The van der Waals surface area contributed by atoms with Crippen LogP contribution in [0.2, 0.25) is 5.02 Å². The Balaban J connectivity index is 1.55. The van der Waals surface area contributed by atoms with Crippen molar-refractivity contribution < 1.29 is 19.1 Å². The summed E-state index contributed by atoms with van der Waals surface area (Å²) in [6, 6.07) is 5.48. The summed E-state index contributed by atoms with van der Waals surface area (Å²) < 4.78 is 17.4. The second kappa shape index (κ2) is 8.85. The van der Waals surface area contributed by atoms with Crippen LogP contribution in [0.5, 0.6) is 5.75 Å². The summed E-state index contributed by atoms with van der Waals surface area (Å²) >= 11 is 9.29. The molecule has 1 fully saturated rings. The van der Waals surface area contributed by atoms with Crippen LogP contribution in [0.1, 0.15) is 0 Å². The van der Waals surface area contributed by atoms with Crippen LogP contribution in [0.4, 0.5) is 0 Å². The second-order valence-electron chi connectivity index (χ2n) is 4.65. The molecule has 1 aliphatic rings. The van der Waals surface area contributed by atoms with Gasteiger partial charge in [-0.05, 0) is 34.1 Å². The number of morpholine rings is 1. The molecule has 0 atom stereocenters. The molecular weight excluding hydrogens is 346 g/mol. The summed E-state index contributed by atoms with van der Waals surface area (Å²) in [6.07, 6.45) is 0. The van der Waals surface area contributed by atoms with Gasteiger partial charge in [0.1, 0.15) is 32.0 Å². The highest BCUT2D eigenvalue weighted by molar-refractivity contribution is 9.10. The first kappa shape index (κ1) is 16.0. The molecule has 1 N–H and O–H groups in total. The van der Waals surface area contributed by atoms with Crippen molar-refractivity contribution in [2.24, 2.45) is 0 Å². The van der Waals surface area contributed by atoms with Gasteiger partial charge in [-0.1, -0.05) is 11.6 Å². The van der Waals surface area contributed by atoms with Gasteiger partial charge in [-0.3, -0.25) is 0 Å². The minimum Gasteiger partial charge on any atom is -0.490 e. The van der Waals surface area contributed by atoms with Crippen LogP contribution in [0.3, 0.4) is 0 Å². The molecule has 0 bridgehead atoms. The maximum atomic E-state index is 5.87. The lowest BCUT2D eigenvalue weighted by Gasteiger charge is -2.23. The smallest absolute Gasteiger partial charge is 0.133 e. The van der Waals surface area contributed by atoms with Crippen molar-refractivity contribution in [1.82, 2.24) is 0 Å². The molecule has 0 saturated carbocycles. The summed E-state index contributed by atoms with van der Waals surface area (Å²) in [5, 5.41) is 0.689. The molecule has 112 valence electrons. The first-order valence-electron chi connectivity index (χ1n) is 6.82. The van der Waals surface area contributed by atoms with E-state index >= 15 is 0 Å². The molecule has 1 aliphatic heterocycles. The van der Waals surface area contributed by atoms with Gasteiger partial charge < -0.3 is 19.1 Å². The average Bonchev–Trinajstić information content (AvgIpc) is 2.46. The molecule has 0 aliphatic carbocycles. The highest BCUT2D eigenvalue weighted by atomic mass is 79.9. The molecule has 0 aromatic heterocycles. The Kier molecular flexibility index (Phi) is 7.10. The SMILES string of the molecule is Clc1ccc(OCCOCC[NH+]2CCOCC2)c(Br)c1. The summed E-state index contributed by atoms with van der Waals surface area (Å²) in [5.74, 6) is 0.789. The van der Waals surface area contributed by atoms with E-state index in [0.29, 0.717) is 18.2 Å². The van der Waals surface area contributed by atoms with E-state index in [1.165, 1.54) is 0 Å². The fraction of sp³-hybridized carbons (Fsp3) is 0.571. The Morgan fingerprint density at radius 1 is 1.20 bits per heavy atom. The number of benzene rings is 1. The Bertz CT molecular complexity index is 413. The molecule has 2 rings (SSSR count). The van der Waals surface area contributed by atoms with Gasteiger partial charge >= 0.3 is 0 Å². The Morgan fingerprint density at radius 3 is 2.75 bits per heavy atom. The lowest BCUT2D eigenvalue weighted by molar-refractivity contribution is -0.908. The Morgan fingerprint density at radius 2 is 2.00 bits per heavy atom. The molecule has 20 heavy (non-hydrogen) atoms. The van der Waals surface area contributed by atoms with E-state index in [0.717, 1.165) is 49.7 Å². The van der Waals surface area contributed by atoms with Gasteiger partial charge in [-0.15, -0.1) is 0 Å². The normalized spacial score (nSPS) is 16.3. The van der Waals surface area contributed by atoms with Crippen molar-refractivity contribution in [1.29, 1.82) is 0 Å². The lowest BCUT2D eigenvalue weighted by Crippen LogP contribution is -3.14. The van der Waals surface area contributed by atoms with Crippen molar-refractivity contribution in [3.8, 4) is 5.75 Å². The molecule has 0 unspecified atom stereocenters. The van der Waals surface area contributed by atoms with Crippen LogP contribution in [0.25, 0.3) is 0 Å². The predicted molar refractivity (Wildman–Crippen MR) is 81.8 cm³/mol. The van der Waals surface area contributed by atoms with E-state index in [2.05, 4.69) is 15.9 Å². The monoisotopic (exact) mass is 364 g/mol. The van der Waals surface area contributed by atoms with E-state index in [4.69, 9.17) is 25.8 Å². The van der Waals surface area contributed by atoms with Gasteiger partial charge in [-0.2, -0.15) is 0 Å². The van der Waals surface area contributed by atoms with E-state index in [9.17, 15) is 0 Å². The van der Waals surface area contributed by atoms with E-state index < -0.39 is 0 Å². The molecule has 1 heterocycles. The molecular formula is C14H20BrClNO3+. The molecule has 1 saturated heterocycles. The zero-order valence-electron chi connectivity index (χ0n) is 11.4. The first-order valence-corrected chi connectivity index (χ1v) is 8.00. The summed E-state index contributed by atoms with van der Waals surface area (Å²) in [7, 11) is 0. The summed E-state index contributed by atoms with van der Waals surface area (Å²) in [4.78, 5) is 1.55. The highest BCUT2D eigenvalue weighted by Crippen LogP contribution is 2.27. The van der Waals surface area contributed by atoms with E-state index in [1.54, 1.807) is 4.90 Å². The molecule has 0 amide bonds. The van der Waals surface area contributed by atoms with Crippen LogP contribution in [-0.2, 0) is 9.47 Å². The van der Waals surface area contributed by atoms with Crippen LogP contribution >= 0.6 is 27.5 Å². The number of nitrogens with one attached hydrogen (secondary N) is 1. The van der Waals surface area contributed by atoms with Crippen LogP contribution < -0.4 is 9.64 Å². The van der Waals surface area contributed by atoms with Crippen LogP contribution in [0.15, 0.2) is 22.7 Å². The summed E-state index contributed by atoms with van der Waals surface area (Å²) in [6.45, 7) is 6.83. The second-order valence-corrected chi connectivity index (χ2v) is 5.94. The fourth-order valence-electron chi connectivity index (χ4n) is 2.03. The van der Waals surface area contributed by atoms with Gasteiger partial charge in [0.25, 0.3) is 0 Å². The molecule has 6 heteroatoms. The topological polar surface area (TPSA) is 32.1 Å². The van der Waals surface area contributed by atoms with Gasteiger partial charge in [-0.25, -0.2) is 0 Å². The van der Waals surface area contributed by atoms with Gasteiger partial charge in [0, 0.05) is 5.02 Å². The van der Waals surface area contributed by atoms with E-state index in [-0.39, 0.29) is 0 Å². The first-order chi connectivity index (χ1) is 9.75. The number of halogens is 2. The predicted octanol–water partition coefficient (Wildman–Crippen LogP) is 1.41. The summed E-state index contributed by atoms with van der Waals surface area (Å²) in [5.41, 5.74) is 0. The third-order valence-electron chi connectivity index (χ3n) is 3.18. The quantitative estimate of drug-likeness (QED) is 0.742. The van der Waals surface area contributed by atoms with Crippen LogP contribution in [-0.4, -0.2) is 52.7 Å². The van der Waals surface area contributed by atoms with Crippen molar-refractivity contribution in [2.75, 3.05) is 52.7 Å². The number of rotatable bonds is 7. The van der Waals surface area contributed by atoms with Crippen molar-refractivity contribution in [3.05, 3.63) is 27.7 Å². The van der Waals surface area contributed by atoms with Gasteiger partial charge in [0.15, 0.2) is 0 Å². The maximum Gasteiger partial charge on any atom is 0.133 e.